The van der Waals surface area contributed by atoms with Gasteiger partial charge in [-0.3, -0.25) is 4.90 Å². The lowest BCUT2D eigenvalue weighted by Gasteiger charge is -2.31. The van der Waals surface area contributed by atoms with Crippen molar-refractivity contribution in [3.05, 3.63) is 28.2 Å². The van der Waals surface area contributed by atoms with Gasteiger partial charge in [0, 0.05) is 19.1 Å². The average molecular weight is 303 g/mol. The third kappa shape index (κ3) is 4.25. The highest BCUT2D eigenvalue weighted by atomic mass is 35.5. The number of rotatable bonds is 5. The fourth-order valence-corrected chi connectivity index (χ4v) is 2.81. The standard InChI is InChI=1S/C14H20Cl2N2O/c1-18(11-4-3-7-17-10-11)8-9-19-14-12(15)5-2-6-13(14)16/h2,5-6,11,17H,3-4,7-10H2,1H3. The summed E-state index contributed by atoms with van der Waals surface area (Å²) in [6.07, 6.45) is 2.49. The largest absolute Gasteiger partial charge is 0.489 e. The van der Waals surface area contributed by atoms with Gasteiger partial charge in [-0.25, -0.2) is 0 Å². The van der Waals surface area contributed by atoms with E-state index in [-0.39, 0.29) is 0 Å². The van der Waals surface area contributed by atoms with Crippen LogP contribution in [-0.2, 0) is 0 Å². The monoisotopic (exact) mass is 302 g/mol. The molecule has 1 aromatic carbocycles. The molecule has 1 aliphatic heterocycles. The molecule has 106 valence electrons. The molecule has 0 aliphatic carbocycles. The fourth-order valence-electron chi connectivity index (χ4n) is 2.30. The Hall–Kier alpha value is -0.480. The Labute approximate surface area is 124 Å². The second kappa shape index (κ2) is 7.34. The van der Waals surface area contributed by atoms with Crippen LogP contribution in [0.25, 0.3) is 0 Å². The number of hydrogen-bond donors (Lipinski definition) is 1. The Bertz CT molecular complexity index is 388. The topological polar surface area (TPSA) is 24.5 Å². The first kappa shape index (κ1) is 14.9. The summed E-state index contributed by atoms with van der Waals surface area (Å²) >= 11 is 12.1. The smallest absolute Gasteiger partial charge is 0.156 e. The maximum atomic E-state index is 6.06. The summed E-state index contributed by atoms with van der Waals surface area (Å²) in [6.45, 7) is 3.66. The zero-order valence-corrected chi connectivity index (χ0v) is 12.7. The first-order valence-electron chi connectivity index (χ1n) is 6.66. The molecule has 1 aromatic rings. The van der Waals surface area contributed by atoms with Crippen molar-refractivity contribution in [2.75, 3.05) is 33.3 Å². The molecule has 1 saturated heterocycles. The van der Waals surface area contributed by atoms with Crippen molar-refractivity contribution in [3.63, 3.8) is 0 Å². The van der Waals surface area contributed by atoms with Gasteiger partial charge in [-0.15, -0.1) is 0 Å². The van der Waals surface area contributed by atoms with Crippen LogP contribution in [-0.4, -0.2) is 44.2 Å². The van der Waals surface area contributed by atoms with E-state index < -0.39 is 0 Å². The number of hydrogen-bond acceptors (Lipinski definition) is 3. The van der Waals surface area contributed by atoms with Gasteiger partial charge in [-0.1, -0.05) is 29.3 Å². The number of piperidine rings is 1. The van der Waals surface area contributed by atoms with Crippen LogP contribution in [0.4, 0.5) is 0 Å². The van der Waals surface area contributed by atoms with Crippen LogP contribution in [0, 0.1) is 0 Å². The van der Waals surface area contributed by atoms with Crippen molar-refractivity contribution >= 4 is 23.2 Å². The number of nitrogens with zero attached hydrogens (tertiary/aromatic N) is 1. The molecule has 0 radical (unpaired) electrons. The molecular formula is C14H20Cl2N2O. The van der Waals surface area contributed by atoms with E-state index in [1.165, 1.54) is 12.8 Å². The Morgan fingerprint density at radius 3 is 2.74 bits per heavy atom. The van der Waals surface area contributed by atoms with Gasteiger partial charge < -0.3 is 10.1 Å². The highest BCUT2D eigenvalue weighted by molar-refractivity contribution is 6.37. The summed E-state index contributed by atoms with van der Waals surface area (Å²) in [5.41, 5.74) is 0. The Kier molecular flexibility index (Phi) is 5.76. The zero-order valence-electron chi connectivity index (χ0n) is 11.2. The van der Waals surface area contributed by atoms with Gasteiger partial charge in [0.15, 0.2) is 5.75 Å². The lowest BCUT2D eigenvalue weighted by Crippen LogP contribution is -2.45. The summed E-state index contributed by atoms with van der Waals surface area (Å²) in [7, 11) is 2.13. The lowest BCUT2D eigenvalue weighted by atomic mass is 10.1. The van der Waals surface area contributed by atoms with E-state index >= 15 is 0 Å². The molecule has 3 nitrogen and oxygen atoms in total. The van der Waals surface area contributed by atoms with Gasteiger partial charge in [-0.05, 0) is 38.6 Å². The molecular weight excluding hydrogens is 283 g/mol. The van der Waals surface area contributed by atoms with Crippen LogP contribution in [0.1, 0.15) is 12.8 Å². The maximum absolute atomic E-state index is 6.06. The normalized spacial score (nSPS) is 19.7. The SMILES string of the molecule is CN(CCOc1c(Cl)cccc1Cl)C1CCCNC1. The van der Waals surface area contributed by atoms with Crippen LogP contribution < -0.4 is 10.1 Å². The molecule has 5 heteroatoms. The molecule has 0 bridgehead atoms. The minimum Gasteiger partial charge on any atom is -0.489 e. The third-order valence-electron chi connectivity index (χ3n) is 3.50. The molecule has 0 saturated carbocycles. The first-order chi connectivity index (χ1) is 9.18. The van der Waals surface area contributed by atoms with Gasteiger partial charge in [0.2, 0.25) is 0 Å². The van der Waals surface area contributed by atoms with Gasteiger partial charge in [0.1, 0.15) is 6.61 Å². The summed E-state index contributed by atoms with van der Waals surface area (Å²) < 4.78 is 5.70. The average Bonchev–Trinajstić information content (AvgIpc) is 2.43. The van der Waals surface area contributed by atoms with Gasteiger partial charge >= 0.3 is 0 Å². The quantitative estimate of drug-likeness (QED) is 0.905. The molecule has 1 unspecified atom stereocenters. The van der Waals surface area contributed by atoms with Crippen molar-refractivity contribution in [3.8, 4) is 5.75 Å². The summed E-state index contributed by atoms with van der Waals surface area (Å²) in [4.78, 5) is 2.33. The van der Waals surface area contributed by atoms with E-state index in [2.05, 4.69) is 17.3 Å². The molecule has 0 amide bonds. The van der Waals surface area contributed by atoms with Crippen molar-refractivity contribution < 1.29 is 4.74 Å². The number of ether oxygens (including phenoxy) is 1. The number of nitrogens with one attached hydrogen (secondary N) is 1. The van der Waals surface area contributed by atoms with Crippen molar-refractivity contribution in [2.24, 2.45) is 0 Å². The molecule has 1 fully saturated rings. The minimum atomic E-state index is 0.564. The van der Waals surface area contributed by atoms with E-state index in [4.69, 9.17) is 27.9 Å². The second-order valence-corrected chi connectivity index (χ2v) is 5.69. The van der Waals surface area contributed by atoms with E-state index in [1.54, 1.807) is 12.1 Å². The highest BCUT2D eigenvalue weighted by Gasteiger charge is 2.17. The lowest BCUT2D eigenvalue weighted by molar-refractivity contribution is 0.168. The van der Waals surface area contributed by atoms with Crippen LogP contribution in [0.5, 0.6) is 5.75 Å². The zero-order chi connectivity index (χ0) is 13.7. The Morgan fingerprint density at radius 1 is 1.37 bits per heavy atom. The fraction of sp³-hybridized carbons (Fsp3) is 0.571. The molecule has 0 spiro atoms. The number of likely N-dealkylation sites (N-methyl/N-ethyl adjacent to an activating group) is 1. The molecule has 1 aliphatic rings. The van der Waals surface area contributed by atoms with Crippen molar-refractivity contribution in [1.29, 1.82) is 0 Å². The van der Waals surface area contributed by atoms with E-state index in [0.29, 0.717) is 28.4 Å². The van der Waals surface area contributed by atoms with E-state index in [1.807, 2.05) is 6.07 Å². The minimum absolute atomic E-state index is 0.564. The van der Waals surface area contributed by atoms with Crippen LogP contribution in [0.2, 0.25) is 10.0 Å². The molecule has 0 aromatic heterocycles. The number of halogens is 2. The van der Waals surface area contributed by atoms with Crippen LogP contribution in [0.15, 0.2) is 18.2 Å². The summed E-state index contributed by atoms with van der Waals surface area (Å²) in [5, 5.41) is 4.55. The first-order valence-corrected chi connectivity index (χ1v) is 7.42. The second-order valence-electron chi connectivity index (χ2n) is 4.88. The summed E-state index contributed by atoms with van der Waals surface area (Å²) in [6, 6.07) is 5.99. The molecule has 1 atom stereocenters. The molecule has 1 N–H and O–H groups in total. The van der Waals surface area contributed by atoms with Gasteiger partial charge in [0.25, 0.3) is 0 Å². The van der Waals surface area contributed by atoms with Crippen LogP contribution in [0.3, 0.4) is 0 Å². The third-order valence-corrected chi connectivity index (χ3v) is 4.10. The molecule has 2 rings (SSSR count). The predicted octanol–water partition coefficient (Wildman–Crippen LogP) is 3.06. The predicted molar refractivity (Wildman–Crippen MR) is 80.5 cm³/mol. The highest BCUT2D eigenvalue weighted by Crippen LogP contribution is 2.32. The van der Waals surface area contributed by atoms with Gasteiger partial charge in [-0.2, -0.15) is 0 Å². The van der Waals surface area contributed by atoms with E-state index in [0.717, 1.165) is 19.6 Å². The van der Waals surface area contributed by atoms with Crippen molar-refractivity contribution in [1.82, 2.24) is 10.2 Å². The van der Waals surface area contributed by atoms with Crippen molar-refractivity contribution in [2.45, 2.75) is 18.9 Å². The Balaban J connectivity index is 1.79. The number of benzene rings is 1. The van der Waals surface area contributed by atoms with Crippen LogP contribution >= 0.6 is 23.2 Å². The number of para-hydroxylation sites is 1. The van der Waals surface area contributed by atoms with E-state index in [9.17, 15) is 0 Å². The van der Waals surface area contributed by atoms with Gasteiger partial charge in [0.05, 0.1) is 10.0 Å². The molecule has 1 heterocycles. The Morgan fingerprint density at radius 2 is 2.11 bits per heavy atom. The summed E-state index contributed by atoms with van der Waals surface area (Å²) in [5.74, 6) is 0.584. The molecule has 19 heavy (non-hydrogen) atoms. The maximum Gasteiger partial charge on any atom is 0.156 e.